The average molecular weight is 269 g/mol. The number of thiophene rings is 1. The summed E-state index contributed by atoms with van der Waals surface area (Å²) in [5.41, 5.74) is 12.4. The molecule has 1 atom stereocenters. The molecule has 0 aromatic carbocycles. The fourth-order valence-electron chi connectivity index (χ4n) is 2.16. The molecule has 18 heavy (non-hydrogen) atoms. The molecule has 1 unspecified atom stereocenters. The molecule has 0 spiro atoms. The summed E-state index contributed by atoms with van der Waals surface area (Å²) < 4.78 is 5.35. The van der Waals surface area contributed by atoms with Crippen LogP contribution in [-0.2, 0) is 0 Å². The Morgan fingerprint density at radius 3 is 2.83 bits per heavy atom. The maximum atomic E-state index is 11.8. The van der Waals surface area contributed by atoms with Crippen LogP contribution in [0.1, 0.15) is 29.4 Å². The van der Waals surface area contributed by atoms with Gasteiger partial charge in [-0.3, -0.25) is 4.79 Å². The Bertz CT molecular complexity index is 458. The number of hydrogen-bond acceptors (Lipinski definition) is 6. The molecular formula is C12H19N3O2S. The van der Waals surface area contributed by atoms with Gasteiger partial charge in [-0.1, -0.05) is 6.92 Å². The fraction of sp³-hybridized carbons (Fsp3) is 0.583. The van der Waals surface area contributed by atoms with Crippen molar-refractivity contribution in [3.8, 4) is 5.75 Å². The van der Waals surface area contributed by atoms with Crippen molar-refractivity contribution in [2.75, 3.05) is 30.8 Å². The predicted molar refractivity (Wildman–Crippen MR) is 74.7 cm³/mol. The number of rotatable bonds is 4. The minimum absolute atomic E-state index is 0.0607. The van der Waals surface area contributed by atoms with Crippen LogP contribution in [0, 0.1) is 0 Å². The number of methoxy groups -OCH3 is 1. The number of nitrogen functional groups attached to an aromatic ring is 1. The number of nitrogens with two attached hydrogens (primary N) is 2. The van der Waals surface area contributed by atoms with Gasteiger partial charge in [-0.25, -0.2) is 0 Å². The Labute approximate surface area is 111 Å². The van der Waals surface area contributed by atoms with Gasteiger partial charge in [0.05, 0.1) is 17.7 Å². The van der Waals surface area contributed by atoms with E-state index in [4.69, 9.17) is 16.2 Å². The monoisotopic (exact) mass is 269 g/mol. The van der Waals surface area contributed by atoms with Crippen LogP contribution in [0.15, 0.2) is 0 Å². The van der Waals surface area contributed by atoms with Crippen molar-refractivity contribution < 1.29 is 9.53 Å². The maximum Gasteiger partial charge on any atom is 0.177 e. The molecule has 1 aromatic rings. The van der Waals surface area contributed by atoms with Crippen LogP contribution in [0.3, 0.4) is 0 Å². The van der Waals surface area contributed by atoms with Gasteiger partial charge < -0.3 is 21.1 Å². The lowest BCUT2D eigenvalue weighted by molar-refractivity contribution is 0.0992. The van der Waals surface area contributed by atoms with Crippen molar-refractivity contribution >= 4 is 27.8 Å². The van der Waals surface area contributed by atoms with Crippen LogP contribution in [0.4, 0.5) is 10.7 Å². The quantitative estimate of drug-likeness (QED) is 0.809. The van der Waals surface area contributed by atoms with Gasteiger partial charge >= 0.3 is 0 Å². The minimum Gasteiger partial charge on any atom is -0.492 e. The number of anilines is 2. The third kappa shape index (κ3) is 2.18. The summed E-state index contributed by atoms with van der Waals surface area (Å²) >= 11 is 1.41. The third-order valence-corrected chi connectivity index (χ3v) is 4.46. The van der Waals surface area contributed by atoms with Crippen molar-refractivity contribution in [1.29, 1.82) is 0 Å². The minimum atomic E-state index is 0.0607. The number of ketones is 1. The molecule has 0 amide bonds. The second-order valence-corrected chi connectivity index (χ2v) is 5.45. The van der Waals surface area contributed by atoms with Crippen LogP contribution >= 0.6 is 11.3 Å². The molecule has 6 heteroatoms. The molecule has 1 aromatic heterocycles. The molecule has 0 aliphatic carbocycles. The van der Waals surface area contributed by atoms with Gasteiger partial charge in [0.2, 0.25) is 0 Å². The summed E-state index contributed by atoms with van der Waals surface area (Å²) in [6.07, 6.45) is 1.41. The molecule has 2 heterocycles. The molecule has 2 rings (SSSR count). The summed E-state index contributed by atoms with van der Waals surface area (Å²) in [7, 11) is 1.58. The topological polar surface area (TPSA) is 81.6 Å². The van der Waals surface area contributed by atoms with Crippen LogP contribution in [-0.4, -0.2) is 32.0 Å². The molecule has 5 nitrogen and oxygen atoms in total. The van der Waals surface area contributed by atoms with Crippen LogP contribution < -0.4 is 21.1 Å². The Hall–Kier alpha value is -1.27. The van der Waals surface area contributed by atoms with E-state index in [-0.39, 0.29) is 11.8 Å². The summed E-state index contributed by atoms with van der Waals surface area (Å²) in [5, 5.41) is 0.930. The van der Waals surface area contributed by atoms with Crippen molar-refractivity contribution in [2.24, 2.45) is 5.73 Å². The molecular weight excluding hydrogens is 250 g/mol. The summed E-state index contributed by atoms with van der Waals surface area (Å²) in [6, 6.07) is 0.184. The normalized spacial score (nSPS) is 19.3. The number of carbonyl (C=O) groups excluding carboxylic acids is 1. The lowest BCUT2D eigenvalue weighted by Gasteiger charge is -2.17. The molecule has 0 radical (unpaired) electrons. The zero-order chi connectivity index (χ0) is 13.3. The molecule has 1 saturated heterocycles. The molecule has 100 valence electrons. The largest absolute Gasteiger partial charge is 0.492 e. The second-order valence-electron chi connectivity index (χ2n) is 4.45. The van der Waals surface area contributed by atoms with Crippen molar-refractivity contribution in [1.82, 2.24) is 0 Å². The number of ether oxygens (including phenoxy) is 1. The zero-order valence-corrected chi connectivity index (χ0v) is 11.5. The highest BCUT2D eigenvalue weighted by molar-refractivity contribution is 7.19. The lowest BCUT2D eigenvalue weighted by atomic mass is 10.2. The van der Waals surface area contributed by atoms with Crippen LogP contribution in [0.5, 0.6) is 5.75 Å². The van der Waals surface area contributed by atoms with E-state index in [1.807, 2.05) is 6.92 Å². The van der Waals surface area contributed by atoms with E-state index in [2.05, 4.69) is 4.90 Å². The molecule has 4 N–H and O–H groups in total. The highest BCUT2D eigenvalue weighted by atomic mass is 32.1. The van der Waals surface area contributed by atoms with Crippen molar-refractivity contribution in [3.05, 3.63) is 4.88 Å². The molecule has 0 bridgehead atoms. The van der Waals surface area contributed by atoms with E-state index in [9.17, 15) is 4.79 Å². The van der Waals surface area contributed by atoms with Gasteiger partial charge in [-0.15, -0.1) is 11.3 Å². The van der Waals surface area contributed by atoms with E-state index >= 15 is 0 Å². The van der Waals surface area contributed by atoms with Crippen LogP contribution in [0.25, 0.3) is 0 Å². The summed E-state index contributed by atoms with van der Waals surface area (Å²) in [5.74, 6) is 0.677. The zero-order valence-electron chi connectivity index (χ0n) is 10.7. The van der Waals surface area contributed by atoms with Gasteiger partial charge in [0.1, 0.15) is 5.00 Å². The van der Waals surface area contributed by atoms with E-state index in [0.717, 1.165) is 24.5 Å². The van der Waals surface area contributed by atoms with E-state index in [1.54, 1.807) is 7.11 Å². The van der Waals surface area contributed by atoms with E-state index < -0.39 is 0 Å². The fourth-order valence-corrected chi connectivity index (χ4v) is 3.40. The first-order chi connectivity index (χ1) is 8.58. The first-order valence-electron chi connectivity index (χ1n) is 6.08. The molecule has 0 saturated carbocycles. The molecule has 1 fully saturated rings. The SMILES string of the molecule is CCC(=O)c1sc(N2CCC(N)C2)c(OC)c1N. The lowest BCUT2D eigenvalue weighted by Crippen LogP contribution is -2.25. The smallest absolute Gasteiger partial charge is 0.177 e. The Balaban J connectivity index is 2.38. The number of carbonyl (C=O) groups is 1. The first-order valence-corrected chi connectivity index (χ1v) is 6.90. The van der Waals surface area contributed by atoms with Gasteiger partial charge in [0.15, 0.2) is 11.5 Å². The Morgan fingerprint density at radius 1 is 1.61 bits per heavy atom. The highest BCUT2D eigenvalue weighted by Gasteiger charge is 2.28. The van der Waals surface area contributed by atoms with Gasteiger partial charge in [-0.05, 0) is 6.42 Å². The van der Waals surface area contributed by atoms with E-state index in [0.29, 0.717) is 22.7 Å². The maximum absolute atomic E-state index is 11.8. The van der Waals surface area contributed by atoms with Crippen molar-refractivity contribution in [3.63, 3.8) is 0 Å². The number of hydrogen-bond donors (Lipinski definition) is 2. The van der Waals surface area contributed by atoms with Crippen LogP contribution in [0.2, 0.25) is 0 Å². The Kier molecular flexibility index (Phi) is 3.77. The van der Waals surface area contributed by atoms with Gasteiger partial charge in [-0.2, -0.15) is 0 Å². The van der Waals surface area contributed by atoms with Gasteiger partial charge in [0, 0.05) is 25.6 Å². The van der Waals surface area contributed by atoms with Gasteiger partial charge in [0.25, 0.3) is 0 Å². The average Bonchev–Trinajstić information content (AvgIpc) is 2.92. The summed E-state index contributed by atoms with van der Waals surface area (Å²) in [4.78, 5) is 14.6. The standard InChI is InChI=1S/C12H19N3O2S/c1-3-8(16)11-9(14)10(17-2)12(18-11)15-5-4-7(13)6-15/h7H,3-6,13-14H2,1-2H3. The number of nitrogens with zero attached hydrogens (tertiary/aromatic N) is 1. The highest BCUT2D eigenvalue weighted by Crippen LogP contribution is 2.45. The second kappa shape index (κ2) is 5.16. The number of Topliss-reactive ketones (excluding diaryl/α,β-unsaturated/α-hetero) is 1. The predicted octanol–water partition coefficient (Wildman–Crippen LogP) is 1.47. The van der Waals surface area contributed by atoms with Crippen molar-refractivity contribution in [2.45, 2.75) is 25.8 Å². The molecule has 1 aliphatic heterocycles. The van der Waals surface area contributed by atoms with E-state index in [1.165, 1.54) is 11.3 Å². The third-order valence-electron chi connectivity index (χ3n) is 3.17. The molecule has 1 aliphatic rings. The Morgan fingerprint density at radius 2 is 2.33 bits per heavy atom. The first kappa shape index (κ1) is 13.2. The summed E-state index contributed by atoms with van der Waals surface area (Å²) in [6.45, 7) is 3.51.